The van der Waals surface area contributed by atoms with Gasteiger partial charge in [0.15, 0.2) is 11.6 Å². The van der Waals surface area contributed by atoms with Gasteiger partial charge in [-0.25, -0.2) is 4.98 Å². The number of nitrogens with two attached hydrogens (primary N) is 1. The molecule has 5 nitrogen and oxygen atoms in total. The molecule has 0 unspecified atom stereocenters. The lowest BCUT2D eigenvalue weighted by molar-refractivity contribution is 0.0995. The van der Waals surface area contributed by atoms with Gasteiger partial charge in [0.2, 0.25) is 0 Å². The molecule has 0 aliphatic heterocycles. The standard InChI is InChI=1S/C10H7Cl2N3O2/c11-6-2-14-3-7(12)5(6)1-9-15-8(4-17-9)10(13)16/h2-4H,1H2,(H2,13,16). The minimum absolute atomic E-state index is 0.0706. The SMILES string of the molecule is NC(=O)c1coc(Cc2c(Cl)cncc2Cl)n1. The van der Waals surface area contributed by atoms with Gasteiger partial charge in [-0.3, -0.25) is 9.78 Å². The Kier molecular flexibility index (Phi) is 3.31. The van der Waals surface area contributed by atoms with Crippen LogP contribution in [0.15, 0.2) is 23.1 Å². The van der Waals surface area contributed by atoms with Crippen molar-refractivity contribution in [3.05, 3.63) is 45.9 Å². The second-order valence-corrected chi connectivity index (χ2v) is 4.06. The Morgan fingerprint density at radius 1 is 1.35 bits per heavy atom. The second-order valence-electron chi connectivity index (χ2n) is 3.25. The fourth-order valence-corrected chi connectivity index (χ4v) is 1.76. The Morgan fingerprint density at radius 2 is 2.00 bits per heavy atom. The predicted octanol–water partition coefficient (Wildman–Crippen LogP) is 2.07. The van der Waals surface area contributed by atoms with Crippen molar-refractivity contribution in [2.45, 2.75) is 6.42 Å². The zero-order chi connectivity index (χ0) is 12.4. The average molecular weight is 272 g/mol. The number of hydrogen-bond acceptors (Lipinski definition) is 4. The van der Waals surface area contributed by atoms with Crippen molar-refractivity contribution in [2.24, 2.45) is 5.73 Å². The van der Waals surface area contributed by atoms with Crippen LogP contribution in [-0.4, -0.2) is 15.9 Å². The van der Waals surface area contributed by atoms with E-state index >= 15 is 0 Å². The topological polar surface area (TPSA) is 82.0 Å². The van der Waals surface area contributed by atoms with Gasteiger partial charge < -0.3 is 10.2 Å². The van der Waals surface area contributed by atoms with Crippen LogP contribution in [0.5, 0.6) is 0 Å². The highest BCUT2D eigenvalue weighted by Gasteiger charge is 2.13. The Balaban J connectivity index is 2.28. The van der Waals surface area contributed by atoms with Crippen molar-refractivity contribution >= 4 is 29.1 Å². The summed E-state index contributed by atoms with van der Waals surface area (Å²) >= 11 is 11.9. The number of amides is 1. The summed E-state index contributed by atoms with van der Waals surface area (Å²) in [5.41, 5.74) is 5.77. The molecule has 2 rings (SSSR count). The van der Waals surface area contributed by atoms with Crippen LogP contribution in [0.1, 0.15) is 21.9 Å². The number of primary amides is 1. The second kappa shape index (κ2) is 4.73. The van der Waals surface area contributed by atoms with Crippen LogP contribution in [-0.2, 0) is 6.42 Å². The fraction of sp³-hybridized carbons (Fsp3) is 0.100. The molecule has 0 fully saturated rings. The zero-order valence-electron chi connectivity index (χ0n) is 8.48. The van der Waals surface area contributed by atoms with Crippen molar-refractivity contribution in [1.29, 1.82) is 0 Å². The van der Waals surface area contributed by atoms with Gasteiger partial charge in [-0.05, 0) is 0 Å². The highest BCUT2D eigenvalue weighted by Crippen LogP contribution is 2.25. The first kappa shape index (κ1) is 11.9. The van der Waals surface area contributed by atoms with E-state index in [4.69, 9.17) is 33.4 Å². The van der Waals surface area contributed by atoms with E-state index in [9.17, 15) is 4.79 Å². The maximum Gasteiger partial charge on any atom is 0.270 e. The number of nitrogens with zero attached hydrogens (tertiary/aromatic N) is 2. The monoisotopic (exact) mass is 271 g/mol. The van der Waals surface area contributed by atoms with Crippen molar-refractivity contribution in [2.75, 3.05) is 0 Å². The van der Waals surface area contributed by atoms with E-state index in [0.29, 0.717) is 21.5 Å². The Morgan fingerprint density at radius 3 is 2.53 bits per heavy atom. The summed E-state index contributed by atoms with van der Waals surface area (Å²) in [5, 5.41) is 0.827. The molecule has 0 aromatic carbocycles. The van der Waals surface area contributed by atoms with Crippen LogP contribution < -0.4 is 5.73 Å². The van der Waals surface area contributed by atoms with Crippen LogP contribution in [0, 0.1) is 0 Å². The Hall–Kier alpha value is -1.59. The predicted molar refractivity (Wildman–Crippen MR) is 62.1 cm³/mol. The Labute approximate surface area is 107 Å². The first-order valence-corrected chi connectivity index (χ1v) is 5.35. The largest absolute Gasteiger partial charge is 0.448 e. The normalized spacial score (nSPS) is 10.5. The molecular formula is C10H7Cl2N3O2. The smallest absolute Gasteiger partial charge is 0.270 e. The zero-order valence-corrected chi connectivity index (χ0v) is 10.00. The van der Waals surface area contributed by atoms with Gasteiger partial charge in [0, 0.05) is 18.0 Å². The van der Waals surface area contributed by atoms with Gasteiger partial charge in [0.25, 0.3) is 5.91 Å². The molecule has 2 aromatic heterocycles. The first-order chi connectivity index (χ1) is 8.08. The first-order valence-electron chi connectivity index (χ1n) is 4.60. The van der Waals surface area contributed by atoms with Gasteiger partial charge >= 0.3 is 0 Å². The van der Waals surface area contributed by atoms with E-state index in [1.165, 1.54) is 18.7 Å². The lowest BCUT2D eigenvalue weighted by atomic mass is 10.2. The third-order valence-electron chi connectivity index (χ3n) is 2.08. The van der Waals surface area contributed by atoms with Gasteiger partial charge in [0.05, 0.1) is 16.5 Å². The molecule has 0 atom stereocenters. The maximum absolute atomic E-state index is 10.8. The molecule has 0 spiro atoms. The van der Waals surface area contributed by atoms with Gasteiger partial charge in [-0.15, -0.1) is 0 Å². The average Bonchev–Trinajstić information content (AvgIpc) is 2.72. The number of carbonyl (C=O) groups excluding carboxylic acids is 1. The number of hydrogen-bond donors (Lipinski definition) is 1. The number of pyridine rings is 1. The van der Waals surface area contributed by atoms with Crippen LogP contribution >= 0.6 is 23.2 Å². The number of aromatic nitrogens is 2. The molecule has 0 saturated heterocycles. The lowest BCUT2D eigenvalue weighted by Gasteiger charge is -2.02. The molecule has 88 valence electrons. The van der Waals surface area contributed by atoms with E-state index in [2.05, 4.69) is 9.97 Å². The molecule has 7 heteroatoms. The van der Waals surface area contributed by atoms with Gasteiger partial charge in [0.1, 0.15) is 6.26 Å². The highest BCUT2D eigenvalue weighted by molar-refractivity contribution is 6.35. The number of rotatable bonds is 3. The summed E-state index contributed by atoms with van der Waals surface area (Å²) < 4.78 is 5.09. The molecule has 2 aromatic rings. The van der Waals surface area contributed by atoms with Crippen molar-refractivity contribution < 1.29 is 9.21 Å². The van der Waals surface area contributed by atoms with E-state index in [0.717, 1.165) is 0 Å². The van der Waals surface area contributed by atoms with Crippen molar-refractivity contribution in [3.63, 3.8) is 0 Å². The lowest BCUT2D eigenvalue weighted by Crippen LogP contribution is -2.11. The molecule has 2 N–H and O–H groups in total. The molecule has 0 aliphatic carbocycles. The summed E-state index contributed by atoms with van der Waals surface area (Å²) in [4.78, 5) is 18.6. The Bertz CT molecular complexity index is 548. The number of carbonyl (C=O) groups is 1. The van der Waals surface area contributed by atoms with E-state index in [1.54, 1.807) is 0 Å². The summed E-state index contributed by atoms with van der Waals surface area (Å²) in [6.07, 6.45) is 4.41. The molecule has 0 aliphatic rings. The minimum Gasteiger partial charge on any atom is -0.448 e. The van der Waals surface area contributed by atoms with E-state index in [1.807, 2.05) is 0 Å². The van der Waals surface area contributed by atoms with Crippen LogP contribution in [0.3, 0.4) is 0 Å². The van der Waals surface area contributed by atoms with Gasteiger partial charge in [-0.1, -0.05) is 23.2 Å². The summed E-state index contributed by atoms with van der Waals surface area (Å²) in [7, 11) is 0. The quantitative estimate of drug-likeness (QED) is 0.927. The van der Waals surface area contributed by atoms with Gasteiger partial charge in [-0.2, -0.15) is 0 Å². The molecule has 1 amide bonds. The molecule has 17 heavy (non-hydrogen) atoms. The fourth-order valence-electron chi connectivity index (χ4n) is 1.26. The molecular weight excluding hydrogens is 265 g/mol. The molecule has 0 saturated carbocycles. The number of oxazole rings is 1. The van der Waals surface area contributed by atoms with Crippen LogP contribution in [0.25, 0.3) is 0 Å². The molecule has 0 radical (unpaired) electrons. The summed E-state index contributed by atoms with van der Waals surface area (Å²) in [6, 6.07) is 0. The third kappa shape index (κ3) is 2.57. The third-order valence-corrected chi connectivity index (χ3v) is 2.74. The summed E-state index contributed by atoms with van der Waals surface area (Å²) in [6.45, 7) is 0. The van der Waals surface area contributed by atoms with Crippen LogP contribution in [0.2, 0.25) is 10.0 Å². The molecule has 0 bridgehead atoms. The van der Waals surface area contributed by atoms with Crippen molar-refractivity contribution in [3.8, 4) is 0 Å². The van der Waals surface area contributed by atoms with E-state index < -0.39 is 5.91 Å². The van der Waals surface area contributed by atoms with E-state index in [-0.39, 0.29) is 12.1 Å². The minimum atomic E-state index is -0.646. The van der Waals surface area contributed by atoms with Crippen LogP contribution in [0.4, 0.5) is 0 Å². The van der Waals surface area contributed by atoms with Crippen molar-refractivity contribution in [1.82, 2.24) is 9.97 Å². The molecule has 2 heterocycles. The summed E-state index contributed by atoms with van der Waals surface area (Å²) in [5.74, 6) is -0.333. The highest BCUT2D eigenvalue weighted by atomic mass is 35.5. The number of halogens is 2. The maximum atomic E-state index is 10.8.